The lowest BCUT2D eigenvalue weighted by molar-refractivity contribution is -0.143. The summed E-state index contributed by atoms with van der Waals surface area (Å²) in [5, 5.41) is 5.81. The number of amides is 1. The van der Waals surface area contributed by atoms with Gasteiger partial charge in [-0.2, -0.15) is 0 Å². The standard InChI is InChI=1S/C17H20N2O2/c1-18-16(11-19-9-10-21-12-17(19)20)15-8-4-6-13-5-2-3-7-14(13)15/h2-8,16,18H,9-12H2,1H3. The number of hydrogen-bond acceptors (Lipinski definition) is 3. The summed E-state index contributed by atoms with van der Waals surface area (Å²) in [5.74, 6) is 0.0711. The molecule has 0 spiro atoms. The third kappa shape index (κ3) is 2.91. The van der Waals surface area contributed by atoms with Gasteiger partial charge < -0.3 is 15.0 Å². The Hall–Kier alpha value is -1.91. The van der Waals surface area contributed by atoms with Gasteiger partial charge in [0.15, 0.2) is 0 Å². The molecule has 2 aromatic rings. The number of benzene rings is 2. The lowest BCUT2D eigenvalue weighted by Crippen LogP contribution is -2.45. The number of fused-ring (bicyclic) bond motifs is 1. The molecule has 0 aromatic heterocycles. The second-order valence-corrected chi connectivity index (χ2v) is 5.30. The number of carbonyl (C=O) groups is 1. The number of likely N-dealkylation sites (N-methyl/N-ethyl adjacent to an activating group) is 1. The van der Waals surface area contributed by atoms with E-state index in [2.05, 4.69) is 41.7 Å². The highest BCUT2D eigenvalue weighted by Crippen LogP contribution is 2.25. The van der Waals surface area contributed by atoms with Crippen LogP contribution in [0.2, 0.25) is 0 Å². The number of hydrogen-bond donors (Lipinski definition) is 1. The smallest absolute Gasteiger partial charge is 0.248 e. The number of carbonyl (C=O) groups excluding carboxylic acids is 1. The van der Waals surface area contributed by atoms with Crippen LogP contribution in [0, 0.1) is 0 Å². The Morgan fingerprint density at radius 2 is 2.05 bits per heavy atom. The minimum Gasteiger partial charge on any atom is -0.370 e. The van der Waals surface area contributed by atoms with Gasteiger partial charge in [-0.25, -0.2) is 0 Å². The zero-order chi connectivity index (χ0) is 14.7. The van der Waals surface area contributed by atoms with Crippen molar-refractivity contribution in [2.45, 2.75) is 6.04 Å². The topological polar surface area (TPSA) is 41.6 Å². The average molecular weight is 284 g/mol. The number of morpholine rings is 1. The summed E-state index contributed by atoms with van der Waals surface area (Å²) in [5.41, 5.74) is 1.23. The van der Waals surface area contributed by atoms with Crippen LogP contribution in [0.5, 0.6) is 0 Å². The van der Waals surface area contributed by atoms with Crippen molar-refractivity contribution >= 4 is 16.7 Å². The van der Waals surface area contributed by atoms with E-state index in [4.69, 9.17) is 4.74 Å². The number of nitrogens with zero attached hydrogens (tertiary/aromatic N) is 1. The van der Waals surface area contributed by atoms with Gasteiger partial charge in [-0.1, -0.05) is 42.5 Å². The maximum atomic E-state index is 11.9. The Balaban J connectivity index is 1.89. The van der Waals surface area contributed by atoms with E-state index in [-0.39, 0.29) is 18.6 Å². The molecule has 1 heterocycles. The Bertz CT molecular complexity index is 636. The van der Waals surface area contributed by atoms with Gasteiger partial charge in [0.1, 0.15) is 6.61 Å². The van der Waals surface area contributed by atoms with Gasteiger partial charge in [-0.15, -0.1) is 0 Å². The molecule has 2 aromatic carbocycles. The molecule has 1 saturated heterocycles. The predicted octanol–water partition coefficient (Wildman–Crippen LogP) is 1.96. The Labute approximate surface area is 124 Å². The molecule has 1 atom stereocenters. The molecular formula is C17H20N2O2. The first kappa shape index (κ1) is 14.0. The van der Waals surface area contributed by atoms with Crippen LogP contribution in [0.4, 0.5) is 0 Å². The van der Waals surface area contributed by atoms with Crippen molar-refractivity contribution in [2.75, 3.05) is 33.4 Å². The van der Waals surface area contributed by atoms with Crippen LogP contribution in [0.15, 0.2) is 42.5 Å². The molecule has 0 saturated carbocycles. The van der Waals surface area contributed by atoms with Crippen LogP contribution in [-0.4, -0.2) is 44.2 Å². The van der Waals surface area contributed by atoms with Crippen LogP contribution < -0.4 is 5.32 Å². The van der Waals surface area contributed by atoms with Gasteiger partial charge in [0.05, 0.1) is 12.6 Å². The molecule has 1 unspecified atom stereocenters. The maximum absolute atomic E-state index is 11.9. The van der Waals surface area contributed by atoms with Crippen LogP contribution in [0.1, 0.15) is 11.6 Å². The van der Waals surface area contributed by atoms with Gasteiger partial charge >= 0.3 is 0 Å². The molecule has 0 aliphatic carbocycles. The molecule has 1 fully saturated rings. The largest absolute Gasteiger partial charge is 0.370 e. The van der Waals surface area contributed by atoms with Crippen molar-refractivity contribution < 1.29 is 9.53 Å². The van der Waals surface area contributed by atoms with Crippen LogP contribution >= 0.6 is 0 Å². The summed E-state index contributed by atoms with van der Waals surface area (Å²) in [4.78, 5) is 13.8. The first-order valence-corrected chi connectivity index (χ1v) is 7.30. The second-order valence-electron chi connectivity index (χ2n) is 5.30. The highest BCUT2D eigenvalue weighted by Gasteiger charge is 2.23. The van der Waals surface area contributed by atoms with Crippen LogP contribution in [0.3, 0.4) is 0 Å². The third-order valence-electron chi connectivity index (χ3n) is 4.03. The fourth-order valence-corrected chi connectivity index (χ4v) is 2.86. The Morgan fingerprint density at radius 3 is 2.86 bits per heavy atom. The normalized spacial score (nSPS) is 17.2. The monoisotopic (exact) mass is 284 g/mol. The van der Waals surface area contributed by atoms with Crippen LogP contribution in [0.25, 0.3) is 10.8 Å². The van der Waals surface area contributed by atoms with E-state index < -0.39 is 0 Å². The SMILES string of the molecule is CNC(CN1CCOCC1=O)c1cccc2ccccc12. The summed E-state index contributed by atoms with van der Waals surface area (Å²) in [7, 11) is 1.94. The van der Waals surface area contributed by atoms with E-state index in [1.807, 2.05) is 18.0 Å². The third-order valence-corrected chi connectivity index (χ3v) is 4.03. The summed E-state index contributed by atoms with van der Waals surface area (Å²) in [6.07, 6.45) is 0. The van der Waals surface area contributed by atoms with Gasteiger partial charge in [-0.05, 0) is 23.4 Å². The van der Waals surface area contributed by atoms with Crippen molar-refractivity contribution in [3.63, 3.8) is 0 Å². The molecule has 3 rings (SSSR count). The molecule has 21 heavy (non-hydrogen) atoms. The Kier molecular flexibility index (Phi) is 4.18. The van der Waals surface area contributed by atoms with Crippen molar-refractivity contribution in [3.05, 3.63) is 48.0 Å². The van der Waals surface area contributed by atoms with E-state index in [9.17, 15) is 4.79 Å². The van der Waals surface area contributed by atoms with Gasteiger partial charge in [0, 0.05) is 13.1 Å². The van der Waals surface area contributed by atoms with E-state index in [1.165, 1.54) is 16.3 Å². The molecule has 110 valence electrons. The molecule has 0 radical (unpaired) electrons. The molecule has 4 nitrogen and oxygen atoms in total. The van der Waals surface area contributed by atoms with E-state index in [1.54, 1.807) is 0 Å². The minimum atomic E-state index is 0.0711. The van der Waals surface area contributed by atoms with Crippen LogP contribution in [-0.2, 0) is 9.53 Å². The molecule has 4 heteroatoms. The number of ether oxygens (including phenoxy) is 1. The summed E-state index contributed by atoms with van der Waals surface area (Å²) >= 11 is 0. The number of nitrogens with one attached hydrogen (secondary N) is 1. The maximum Gasteiger partial charge on any atom is 0.248 e. The van der Waals surface area contributed by atoms with Crippen molar-refractivity contribution in [1.29, 1.82) is 0 Å². The van der Waals surface area contributed by atoms with Crippen molar-refractivity contribution in [1.82, 2.24) is 10.2 Å². The van der Waals surface area contributed by atoms with Gasteiger partial charge in [0.2, 0.25) is 5.91 Å². The summed E-state index contributed by atoms with van der Waals surface area (Å²) < 4.78 is 5.19. The Morgan fingerprint density at radius 1 is 1.24 bits per heavy atom. The van der Waals surface area contributed by atoms with E-state index in [0.717, 1.165) is 0 Å². The molecule has 1 N–H and O–H groups in total. The molecule has 0 bridgehead atoms. The molecule has 1 amide bonds. The van der Waals surface area contributed by atoms with Gasteiger partial charge in [-0.3, -0.25) is 4.79 Å². The lowest BCUT2D eigenvalue weighted by Gasteiger charge is -2.31. The number of rotatable bonds is 4. The summed E-state index contributed by atoms with van der Waals surface area (Å²) in [6.45, 7) is 2.16. The quantitative estimate of drug-likeness (QED) is 0.933. The lowest BCUT2D eigenvalue weighted by atomic mass is 9.98. The average Bonchev–Trinajstić information content (AvgIpc) is 2.54. The minimum absolute atomic E-state index is 0.0711. The fourth-order valence-electron chi connectivity index (χ4n) is 2.86. The fraction of sp³-hybridized carbons (Fsp3) is 0.353. The zero-order valence-electron chi connectivity index (χ0n) is 12.2. The van der Waals surface area contributed by atoms with E-state index >= 15 is 0 Å². The highest BCUT2D eigenvalue weighted by atomic mass is 16.5. The summed E-state index contributed by atoms with van der Waals surface area (Å²) in [6, 6.07) is 14.8. The molecular weight excluding hydrogens is 264 g/mol. The van der Waals surface area contributed by atoms with Gasteiger partial charge in [0.25, 0.3) is 0 Å². The first-order valence-electron chi connectivity index (χ1n) is 7.30. The van der Waals surface area contributed by atoms with Crippen molar-refractivity contribution in [3.8, 4) is 0 Å². The predicted molar refractivity (Wildman–Crippen MR) is 83.1 cm³/mol. The highest BCUT2D eigenvalue weighted by molar-refractivity contribution is 5.86. The second kappa shape index (κ2) is 6.24. The van der Waals surface area contributed by atoms with Crippen molar-refractivity contribution in [2.24, 2.45) is 0 Å². The van der Waals surface area contributed by atoms with E-state index in [0.29, 0.717) is 19.7 Å². The first-order chi connectivity index (χ1) is 10.3. The zero-order valence-corrected chi connectivity index (χ0v) is 12.2. The molecule has 1 aliphatic rings. The molecule has 1 aliphatic heterocycles.